The van der Waals surface area contributed by atoms with Gasteiger partial charge in [-0.3, -0.25) is 4.79 Å². The maximum absolute atomic E-state index is 12.3. The Morgan fingerprint density at radius 1 is 1.12 bits per heavy atom. The largest absolute Gasteiger partial charge is 0.490 e. The first kappa shape index (κ1) is 18.1. The number of halogens is 1. The maximum Gasteiger partial charge on any atom is 0.258 e. The van der Waals surface area contributed by atoms with Gasteiger partial charge in [-0.15, -0.1) is 0 Å². The van der Waals surface area contributed by atoms with Gasteiger partial charge in [-0.25, -0.2) is 4.98 Å². The number of pyridine rings is 1. The van der Waals surface area contributed by atoms with Crippen LogP contribution in [0.2, 0.25) is 5.15 Å². The lowest BCUT2D eigenvalue weighted by atomic mass is 10.2. The average molecular weight is 349 g/mol. The fourth-order valence-corrected chi connectivity index (χ4v) is 2.20. The van der Waals surface area contributed by atoms with Crippen molar-refractivity contribution >= 4 is 23.2 Å². The normalized spacial score (nSPS) is 10.3. The minimum Gasteiger partial charge on any atom is -0.490 e. The number of rotatable bonds is 8. The second-order valence-corrected chi connectivity index (χ2v) is 5.51. The van der Waals surface area contributed by atoms with Crippen molar-refractivity contribution in [3.8, 4) is 11.5 Å². The Morgan fingerprint density at radius 2 is 1.83 bits per heavy atom. The molecule has 0 aliphatic heterocycles. The van der Waals surface area contributed by atoms with Crippen molar-refractivity contribution in [2.75, 3.05) is 18.5 Å². The van der Waals surface area contributed by atoms with Crippen molar-refractivity contribution in [2.24, 2.45) is 0 Å². The van der Waals surface area contributed by atoms with Gasteiger partial charge in [0.05, 0.1) is 18.8 Å². The molecule has 2 rings (SSSR count). The molecule has 0 saturated heterocycles. The van der Waals surface area contributed by atoms with Crippen molar-refractivity contribution in [1.82, 2.24) is 4.98 Å². The third kappa shape index (κ3) is 4.86. The highest BCUT2D eigenvalue weighted by molar-refractivity contribution is 6.33. The highest BCUT2D eigenvalue weighted by atomic mass is 35.5. The molecule has 1 amide bonds. The molecular weight excluding hydrogens is 328 g/mol. The zero-order valence-electron chi connectivity index (χ0n) is 13.8. The van der Waals surface area contributed by atoms with Crippen molar-refractivity contribution in [1.29, 1.82) is 0 Å². The third-order valence-corrected chi connectivity index (χ3v) is 3.43. The van der Waals surface area contributed by atoms with Crippen LogP contribution in [0.5, 0.6) is 11.5 Å². The standard InChI is InChI=1S/C18H21ClN2O3/c1-3-10-23-15-8-7-13(12-16(15)24-11-4-2)21-18(22)14-6-5-9-20-17(14)19/h5-9,12H,3-4,10-11H2,1-2H3,(H,21,22). The van der Waals surface area contributed by atoms with Crippen LogP contribution in [0.3, 0.4) is 0 Å². The van der Waals surface area contributed by atoms with Crippen molar-refractivity contribution in [2.45, 2.75) is 26.7 Å². The van der Waals surface area contributed by atoms with Crippen LogP contribution in [0, 0.1) is 0 Å². The first-order valence-electron chi connectivity index (χ1n) is 7.97. The Bertz CT molecular complexity index is 692. The average Bonchev–Trinajstić information content (AvgIpc) is 2.59. The van der Waals surface area contributed by atoms with Crippen molar-refractivity contribution in [3.63, 3.8) is 0 Å². The molecule has 24 heavy (non-hydrogen) atoms. The fraction of sp³-hybridized carbons (Fsp3) is 0.333. The number of benzene rings is 1. The summed E-state index contributed by atoms with van der Waals surface area (Å²) in [5.41, 5.74) is 0.927. The number of amides is 1. The minimum absolute atomic E-state index is 0.167. The number of aromatic nitrogens is 1. The zero-order valence-corrected chi connectivity index (χ0v) is 14.6. The molecule has 2 aromatic rings. The molecule has 128 valence electrons. The van der Waals surface area contributed by atoms with Gasteiger partial charge < -0.3 is 14.8 Å². The van der Waals surface area contributed by atoms with Gasteiger partial charge in [0, 0.05) is 18.0 Å². The zero-order chi connectivity index (χ0) is 17.4. The first-order chi connectivity index (χ1) is 11.7. The van der Waals surface area contributed by atoms with Crippen molar-refractivity contribution < 1.29 is 14.3 Å². The molecule has 0 bridgehead atoms. The number of nitrogens with zero attached hydrogens (tertiary/aromatic N) is 1. The summed E-state index contributed by atoms with van der Waals surface area (Å²) in [6.07, 6.45) is 3.33. The van der Waals surface area contributed by atoms with E-state index in [1.807, 2.05) is 13.8 Å². The summed E-state index contributed by atoms with van der Waals surface area (Å²) in [6, 6.07) is 8.60. The molecule has 1 aromatic carbocycles. The van der Waals surface area contributed by atoms with E-state index >= 15 is 0 Å². The van der Waals surface area contributed by atoms with E-state index in [9.17, 15) is 4.79 Å². The molecule has 0 unspecified atom stereocenters. The van der Waals surface area contributed by atoms with Gasteiger partial charge in [-0.1, -0.05) is 25.4 Å². The topological polar surface area (TPSA) is 60.5 Å². The fourth-order valence-electron chi connectivity index (χ4n) is 2.00. The lowest BCUT2D eigenvalue weighted by Crippen LogP contribution is -2.13. The molecule has 0 aliphatic rings. The molecule has 1 N–H and O–H groups in total. The SMILES string of the molecule is CCCOc1ccc(NC(=O)c2cccnc2Cl)cc1OCCC. The number of carbonyl (C=O) groups excluding carboxylic acids is 1. The molecule has 5 nitrogen and oxygen atoms in total. The summed E-state index contributed by atoms with van der Waals surface area (Å²) in [5, 5.41) is 2.97. The lowest BCUT2D eigenvalue weighted by Gasteiger charge is -2.14. The molecule has 1 aromatic heterocycles. The molecule has 0 atom stereocenters. The highest BCUT2D eigenvalue weighted by Gasteiger charge is 2.13. The second kappa shape index (κ2) is 9.13. The van der Waals surface area contributed by atoms with Gasteiger partial charge in [0.1, 0.15) is 5.15 Å². The van der Waals surface area contributed by atoms with Crippen LogP contribution in [-0.2, 0) is 0 Å². The second-order valence-electron chi connectivity index (χ2n) is 5.15. The molecule has 0 aliphatic carbocycles. The molecule has 1 heterocycles. The molecule has 0 radical (unpaired) electrons. The predicted molar refractivity (Wildman–Crippen MR) is 95.2 cm³/mol. The molecule has 0 saturated carbocycles. The maximum atomic E-state index is 12.3. The van der Waals surface area contributed by atoms with Gasteiger partial charge >= 0.3 is 0 Å². The Hall–Kier alpha value is -2.27. The number of ether oxygens (including phenoxy) is 2. The van der Waals surface area contributed by atoms with E-state index in [4.69, 9.17) is 21.1 Å². The Labute approximate surface area is 147 Å². The van der Waals surface area contributed by atoms with Crippen LogP contribution in [0.15, 0.2) is 36.5 Å². The van der Waals surface area contributed by atoms with E-state index in [2.05, 4.69) is 10.3 Å². The molecule has 6 heteroatoms. The highest BCUT2D eigenvalue weighted by Crippen LogP contribution is 2.31. The predicted octanol–water partition coefficient (Wildman–Crippen LogP) is 4.56. The summed E-state index contributed by atoms with van der Waals surface area (Å²) >= 11 is 5.95. The monoisotopic (exact) mass is 348 g/mol. The number of carbonyl (C=O) groups is 1. The van der Waals surface area contributed by atoms with Crippen molar-refractivity contribution in [3.05, 3.63) is 47.2 Å². The summed E-state index contributed by atoms with van der Waals surface area (Å²) in [7, 11) is 0. The van der Waals surface area contributed by atoms with Gasteiger partial charge in [-0.05, 0) is 37.1 Å². The smallest absolute Gasteiger partial charge is 0.258 e. The van der Waals surface area contributed by atoms with Crippen LogP contribution in [0.25, 0.3) is 0 Å². The Kier molecular flexibility index (Phi) is 6.88. The van der Waals surface area contributed by atoms with Gasteiger partial charge in [0.25, 0.3) is 5.91 Å². The Morgan fingerprint density at radius 3 is 2.50 bits per heavy atom. The first-order valence-corrected chi connectivity index (χ1v) is 8.35. The third-order valence-electron chi connectivity index (χ3n) is 3.13. The van der Waals surface area contributed by atoms with E-state index < -0.39 is 0 Å². The van der Waals surface area contributed by atoms with Crippen LogP contribution in [0.1, 0.15) is 37.0 Å². The quantitative estimate of drug-likeness (QED) is 0.710. The van der Waals surface area contributed by atoms with E-state index in [0.29, 0.717) is 36.0 Å². The van der Waals surface area contributed by atoms with E-state index in [-0.39, 0.29) is 11.1 Å². The molecule has 0 fully saturated rings. The Balaban J connectivity index is 2.17. The van der Waals surface area contributed by atoms with Gasteiger partial charge in [0.2, 0.25) is 0 Å². The van der Waals surface area contributed by atoms with Crippen LogP contribution < -0.4 is 14.8 Å². The van der Waals surface area contributed by atoms with Crippen LogP contribution >= 0.6 is 11.6 Å². The molecule has 0 spiro atoms. The van der Waals surface area contributed by atoms with E-state index in [1.54, 1.807) is 30.3 Å². The van der Waals surface area contributed by atoms with E-state index in [0.717, 1.165) is 12.8 Å². The van der Waals surface area contributed by atoms with Crippen LogP contribution in [-0.4, -0.2) is 24.1 Å². The summed E-state index contributed by atoms with van der Waals surface area (Å²) < 4.78 is 11.4. The summed E-state index contributed by atoms with van der Waals surface area (Å²) in [5.74, 6) is 0.958. The van der Waals surface area contributed by atoms with Crippen LogP contribution in [0.4, 0.5) is 5.69 Å². The minimum atomic E-state index is -0.322. The number of nitrogens with one attached hydrogen (secondary N) is 1. The van der Waals surface area contributed by atoms with Gasteiger partial charge in [-0.2, -0.15) is 0 Å². The summed E-state index contributed by atoms with van der Waals surface area (Å²) in [4.78, 5) is 16.2. The number of hydrogen-bond donors (Lipinski definition) is 1. The number of anilines is 1. The molecular formula is C18H21ClN2O3. The number of hydrogen-bond acceptors (Lipinski definition) is 4. The van der Waals surface area contributed by atoms with E-state index in [1.165, 1.54) is 6.20 Å². The lowest BCUT2D eigenvalue weighted by molar-refractivity contribution is 0.102. The summed E-state index contributed by atoms with van der Waals surface area (Å²) in [6.45, 7) is 5.26. The van der Waals surface area contributed by atoms with Gasteiger partial charge in [0.15, 0.2) is 11.5 Å².